The van der Waals surface area contributed by atoms with Crippen molar-refractivity contribution in [2.24, 2.45) is 0 Å². The highest BCUT2D eigenvalue weighted by molar-refractivity contribution is 6.42. The summed E-state index contributed by atoms with van der Waals surface area (Å²) in [5.74, 6) is 0.0603. The van der Waals surface area contributed by atoms with E-state index in [-0.39, 0.29) is 17.6 Å². The molecule has 0 saturated carbocycles. The standard InChI is InChI=1S/C26H20Cl2N2O2/c27-18-11-9-16(13-19(18)28)25-24-21(7-4-8-23(24)31)29-22-14-17(10-12-20(22)30-25)26(32)15-5-2-1-3-6-15/h1-3,5-6,9-14,25,29-30H,4,7-8H2. The fourth-order valence-corrected chi connectivity index (χ4v) is 4.64. The van der Waals surface area contributed by atoms with E-state index in [2.05, 4.69) is 10.6 Å². The average molecular weight is 463 g/mol. The molecule has 5 rings (SSSR count). The number of rotatable bonds is 3. The first-order valence-corrected chi connectivity index (χ1v) is 11.3. The highest BCUT2D eigenvalue weighted by Crippen LogP contribution is 2.42. The van der Waals surface area contributed by atoms with Crippen LogP contribution in [0.15, 0.2) is 78.0 Å². The van der Waals surface area contributed by atoms with E-state index in [0.717, 1.165) is 35.5 Å². The van der Waals surface area contributed by atoms with Gasteiger partial charge in [0.15, 0.2) is 11.6 Å². The number of ketones is 2. The van der Waals surface area contributed by atoms with Gasteiger partial charge in [-0.2, -0.15) is 0 Å². The number of Topliss-reactive ketones (excluding diaryl/α,β-unsaturated/α-hetero) is 1. The van der Waals surface area contributed by atoms with Gasteiger partial charge < -0.3 is 10.6 Å². The van der Waals surface area contributed by atoms with Crippen molar-refractivity contribution >= 4 is 46.1 Å². The minimum atomic E-state index is -0.364. The maximum absolute atomic E-state index is 13.0. The van der Waals surface area contributed by atoms with Crippen LogP contribution in [0.1, 0.15) is 46.8 Å². The van der Waals surface area contributed by atoms with E-state index in [1.807, 2.05) is 36.4 Å². The van der Waals surface area contributed by atoms with E-state index in [1.54, 1.807) is 30.3 Å². The molecule has 1 aliphatic heterocycles. The van der Waals surface area contributed by atoms with Crippen LogP contribution in [-0.4, -0.2) is 11.6 Å². The molecule has 1 aliphatic carbocycles. The largest absolute Gasteiger partial charge is 0.372 e. The van der Waals surface area contributed by atoms with Crippen molar-refractivity contribution in [2.45, 2.75) is 25.3 Å². The van der Waals surface area contributed by atoms with Crippen LogP contribution in [0.2, 0.25) is 10.0 Å². The van der Waals surface area contributed by atoms with Crippen LogP contribution in [0.3, 0.4) is 0 Å². The molecule has 4 nitrogen and oxygen atoms in total. The first-order chi connectivity index (χ1) is 15.5. The number of anilines is 2. The molecule has 2 N–H and O–H groups in total. The molecule has 3 aromatic rings. The fraction of sp³-hybridized carbons (Fsp3) is 0.154. The Balaban J connectivity index is 1.59. The van der Waals surface area contributed by atoms with Gasteiger partial charge in [0.05, 0.1) is 27.5 Å². The molecule has 6 heteroatoms. The van der Waals surface area contributed by atoms with E-state index in [4.69, 9.17) is 23.2 Å². The van der Waals surface area contributed by atoms with Crippen molar-refractivity contribution in [2.75, 3.05) is 10.6 Å². The number of benzene rings is 3. The summed E-state index contributed by atoms with van der Waals surface area (Å²) in [6.07, 6.45) is 2.06. The molecule has 2 aliphatic rings. The number of carbonyl (C=O) groups excluding carboxylic acids is 2. The van der Waals surface area contributed by atoms with Gasteiger partial charge in [-0.25, -0.2) is 0 Å². The molecule has 0 radical (unpaired) electrons. The van der Waals surface area contributed by atoms with Gasteiger partial charge in [-0.1, -0.05) is 59.6 Å². The number of carbonyl (C=O) groups is 2. The molecule has 32 heavy (non-hydrogen) atoms. The van der Waals surface area contributed by atoms with Crippen LogP contribution in [0.5, 0.6) is 0 Å². The third-order valence-electron chi connectivity index (χ3n) is 5.92. The first-order valence-electron chi connectivity index (χ1n) is 10.5. The van der Waals surface area contributed by atoms with Crippen molar-refractivity contribution < 1.29 is 9.59 Å². The maximum Gasteiger partial charge on any atom is 0.193 e. The molecular weight excluding hydrogens is 443 g/mol. The first kappa shape index (κ1) is 20.8. The van der Waals surface area contributed by atoms with Gasteiger partial charge in [0.2, 0.25) is 0 Å². The molecule has 1 unspecified atom stereocenters. The van der Waals surface area contributed by atoms with Crippen LogP contribution in [0, 0.1) is 0 Å². The Morgan fingerprint density at radius 2 is 1.66 bits per heavy atom. The maximum atomic E-state index is 13.0. The molecule has 160 valence electrons. The summed E-state index contributed by atoms with van der Waals surface area (Å²) in [4.78, 5) is 25.9. The Bertz CT molecular complexity index is 1270. The zero-order chi connectivity index (χ0) is 22.2. The summed E-state index contributed by atoms with van der Waals surface area (Å²) in [6.45, 7) is 0. The van der Waals surface area contributed by atoms with Crippen molar-refractivity contribution in [3.05, 3.63) is 105 Å². The minimum Gasteiger partial charge on any atom is -0.372 e. The number of fused-ring (bicyclic) bond motifs is 1. The van der Waals surface area contributed by atoms with Crippen molar-refractivity contribution in [3.63, 3.8) is 0 Å². The molecule has 0 fully saturated rings. The summed E-state index contributed by atoms with van der Waals surface area (Å²) in [6, 6.07) is 19.8. The van der Waals surface area contributed by atoms with Gasteiger partial charge in [0.1, 0.15) is 0 Å². The van der Waals surface area contributed by atoms with Gasteiger partial charge in [-0.3, -0.25) is 9.59 Å². The average Bonchev–Trinajstić information content (AvgIpc) is 2.98. The van der Waals surface area contributed by atoms with Gasteiger partial charge in [-0.15, -0.1) is 0 Å². The Labute approximate surface area is 196 Å². The van der Waals surface area contributed by atoms with Crippen molar-refractivity contribution in [3.8, 4) is 0 Å². The summed E-state index contributed by atoms with van der Waals surface area (Å²) >= 11 is 12.4. The Morgan fingerprint density at radius 1 is 0.844 bits per heavy atom. The van der Waals surface area contributed by atoms with Crippen LogP contribution in [-0.2, 0) is 4.79 Å². The number of hydrogen-bond acceptors (Lipinski definition) is 4. The van der Waals surface area contributed by atoms with Crippen LogP contribution in [0.25, 0.3) is 0 Å². The second-order valence-electron chi connectivity index (χ2n) is 8.00. The van der Waals surface area contributed by atoms with Gasteiger partial charge in [0, 0.05) is 28.8 Å². The molecule has 0 spiro atoms. The van der Waals surface area contributed by atoms with E-state index in [1.165, 1.54) is 0 Å². The summed E-state index contributed by atoms with van der Waals surface area (Å²) in [5, 5.41) is 7.86. The van der Waals surface area contributed by atoms with E-state index in [9.17, 15) is 9.59 Å². The highest BCUT2D eigenvalue weighted by Gasteiger charge is 2.32. The van der Waals surface area contributed by atoms with Crippen molar-refractivity contribution in [1.29, 1.82) is 0 Å². The quantitative estimate of drug-likeness (QED) is 0.419. The monoisotopic (exact) mass is 462 g/mol. The van der Waals surface area contributed by atoms with Gasteiger partial charge >= 0.3 is 0 Å². The number of nitrogens with one attached hydrogen (secondary N) is 2. The lowest BCUT2D eigenvalue weighted by molar-refractivity contribution is -0.116. The lowest BCUT2D eigenvalue weighted by Gasteiger charge is -2.25. The Kier molecular flexibility index (Phi) is 5.50. The number of hydrogen-bond donors (Lipinski definition) is 2. The number of halogens is 2. The van der Waals surface area contributed by atoms with E-state index >= 15 is 0 Å². The van der Waals surface area contributed by atoms with Gasteiger partial charge in [0.25, 0.3) is 0 Å². The smallest absolute Gasteiger partial charge is 0.193 e. The highest BCUT2D eigenvalue weighted by atomic mass is 35.5. The lowest BCUT2D eigenvalue weighted by Crippen LogP contribution is -2.23. The number of allylic oxidation sites excluding steroid dienone is 1. The third-order valence-corrected chi connectivity index (χ3v) is 6.66. The molecule has 0 saturated heterocycles. The van der Waals surface area contributed by atoms with Crippen molar-refractivity contribution in [1.82, 2.24) is 0 Å². The Hall–Kier alpha value is -3.08. The summed E-state index contributed by atoms with van der Waals surface area (Å²) in [5.41, 5.74) is 5.26. The van der Waals surface area contributed by atoms with Crippen LogP contribution in [0.4, 0.5) is 11.4 Å². The Morgan fingerprint density at radius 3 is 2.44 bits per heavy atom. The summed E-state index contributed by atoms with van der Waals surface area (Å²) < 4.78 is 0. The van der Waals surface area contributed by atoms with Gasteiger partial charge in [-0.05, 0) is 48.7 Å². The second kappa shape index (κ2) is 8.45. The van der Waals surface area contributed by atoms with Crippen LogP contribution < -0.4 is 10.6 Å². The molecular formula is C26H20Cl2N2O2. The lowest BCUT2D eigenvalue weighted by atomic mass is 9.87. The van der Waals surface area contributed by atoms with E-state index < -0.39 is 0 Å². The predicted octanol–water partition coefficient (Wildman–Crippen LogP) is 6.81. The zero-order valence-corrected chi connectivity index (χ0v) is 18.6. The topological polar surface area (TPSA) is 58.2 Å². The molecule has 1 heterocycles. The molecule has 0 bridgehead atoms. The molecule has 1 atom stereocenters. The molecule has 0 aromatic heterocycles. The third kappa shape index (κ3) is 3.81. The fourth-order valence-electron chi connectivity index (χ4n) is 4.33. The minimum absolute atomic E-state index is 0.0468. The normalized spacial score (nSPS) is 17.6. The summed E-state index contributed by atoms with van der Waals surface area (Å²) in [7, 11) is 0. The SMILES string of the molecule is O=C1CCCC2=C1C(c1ccc(Cl)c(Cl)c1)Nc1ccc(C(=O)c3ccccc3)cc1N2. The zero-order valence-electron chi connectivity index (χ0n) is 17.1. The molecule has 0 amide bonds. The van der Waals surface area contributed by atoms with E-state index in [0.29, 0.717) is 33.2 Å². The second-order valence-corrected chi connectivity index (χ2v) is 8.81. The van der Waals surface area contributed by atoms with Crippen LogP contribution >= 0.6 is 23.2 Å². The predicted molar refractivity (Wildman–Crippen MR) is 129 cm³/mol. The molecule has 3 aromatic carbocycles.